The molecule has 0 aromatic heterocycles. The number of alkyl halides is 2. The van der Waals surface area contributed by atoms with Gasteiger partial charge < -0.3 is 15.4 Å². The Morgan fingerprint density at radius 3 is 2.47 bits per heavy atom. The van der Waals surface area contributed by atoms with Gasteiger partial charge in [0.25, 0.3) is 5.91 Å². The van der Waals surface area contributed by atoms with Crippen LogP contribution in [0, 0.1) is 0 Å². The summed E-state index contributed by atoms with van der Waals surface area (Å²) in [6, 6.07) is 3.76. The number of carbonyl (C=O) groups is 4. The van der Waals surface area contributed by atoms with Crippen LogP contribution in [0.15, 0.2) is 24.3 Å². The minimum atomic E-state index is -2.99. The van der Waals surface area contributed by atoms with Crippen LogP contribution in [0.1, 0.15) is 38.2 Å². The molecule has 2 aliphatic rings. The first-order chi connectivity index (χ1) is 14.2. The lowest BCUT2D eigenvalue weighted by atomic mass is 9.92. The molecule has 162 valence electrons. The molecular weight excluding hydrogens is 402 g/mol. The maximum absolute atomic E-state index is 12.8. The van der Waals surface area contributed by atoms with Gasteiger partial charge in [0, 0.05) is 6.04 Å². The predicted molar refractivity (Wildman–Crippen MR) is 99.6 cm³/mol. The Balaban J connectivity index is 1.61. The van der Waals surface area contributed by atoms with E-state index in [-0.39, 0.29) is 11.8 Å². The number of hydrogen-bond acceptors (Lipinski definition) is 5. The minimum absolute atomic E-state index is 0.00910. The highest BCUT2D eigenvalue weighted by Gasteiger charge is 2.49. The van der Waals surface area contributed by atoms with Crippen LogP contribution in [-0.2, 0) is 15.1 Å². The quantitative estimate of drug-likeness (QED) is 0.603. The molecular formula is C19H22F2N4O5. The molecule has 0 spiro atoms. The molecule has 1 aliphatic carbocycles. The van der Waals surface area contributed by atoms with Crippen molar-refractivity contribution in [3.8, 4) is 5.75 Å². The van der Waals surface area contributed by atoms with Gasteiger partial charge in [0.15, 0.2) is 0 Å². The molecule has 0 unspecified atom stereocenters. The summed E-state index contributed by atoms with van der Waals surface area (Å²) < 4.78 is 28.8. The van der Waals surface area contributed by atoms with Crippen molar-refractivity contribution in [1.82, 2.24) is 20.9 Å². The second kappa shape index (κ2) is 8.64. The second-order valence-corrected chi connectivity index (χ2v) is 7.35. The highest BCUT2D eigenvalue weighted by molar-refractivity contribution is 6.10. The van der Waals surface area contributed by atoms with Gasteiger partial charge in [-0.15, -0.1) is 0 Å². The lowest BCUT2D eigenvalue weighted by Gasteiger charge is -2.22. The van der Waals surface area contributed by atoms with Crippen LogP contribution in [0.25, 0.3) is 0 Å². The molecule has 2 fully saturated rings. The summed E-state index contributed by atoms with van der Waals surface area (Å²) in [5.41, 5.74) is -1.17. The number of urea groups is 2. The molecule has 3 N–H and O–H groups in total. The molecule has 1 heterocycles. The van der Waals surface area contributed by atoms with Crippen LogP contribution < -0.4 is 20.7 Å². The summed E-state index contributed by atoms with van der Waals surface area (Å²) in [6.45, 7) is -2.19. The Kier molecular flexibility index (Phi) is 6.18. The number of halogens is 2. The van der Waals surface area contributed by atoms with Gasteiger partial charge in [-0.05, 0) is 37.5 Å². The maximum atomic E-state index is 12.8. The van der Waals surface area contributed by atoms with Gasteiger partial charge in [-0.25, -0.2) is 9.59 Å². The summed E-state index contributed by atoms with van der Waals surface area (Å²) in [4.78, 5) is 49.8. The molecule has 1 atom stereocenters. The van der Waals surface area contributed by atoms with E-state index in [4.69, 9.17) is 0 Å². The van der Waals surface area contributed by atoms with E-state index in [2.05, 4.69) is 20.7 Å². The number of carbonyl (C=O) groups excluding carboxylic acids is 4. The largest absolute Gasteiger partial charge is 0.435 e. The number of nitrogens with zero attached hydrogens (tertiary/aromatic N) is 1. The number of nitrogens with one attached hydrogen (secondary N) is 3. The zero-order valence-electron chi connectivity index (χ0n) is 16.2. The number of benzene rings is 1. The Labute approximate surface area is 171 Å². The van der Waals surface area contributed by atoms with Gasteiger partial charge in [0.1, 0.15) is 17.8 Å². The van der Waals surface area contributed by atoms with Crippen molar-refractivity contribution in [3.63, 3.8) is 0 Å². The van der Waals surface area contributed by atoms with Crippen molar-refractivity contribution in [1.29, 1.82) is 0 Å². The standard InChI is InChI=1S/C19H22F2N4O5/c1-19(11-6-8-13(9-7-11)30-16(20)21)15(27)25(18(29)24-19)10-14(26)23-17(28)22-12-4-2-3-5-12/h6-9,12,16H,2-5,10H2,1H3,(H,24,29)(H2,22,23,26,28)/t19-/m0/s1. The number of amides is 6. The Bertz CT molecular complexity index is 842. The Morgan fingerprint density at radius 1 is 1.23 bits per heavy atom. The van der Waals surface area contributed by atoms with Crippen LogP contribution in [0.4, 0.5) is 18.4 Å². The predicted octanol–water partition coefficient (Wildman–Crippen LogP) is 1.82. The van der Waals surface area contributed by atoms with Crippen LogP contribution in [-0.4, -0.2) is 48.0 Å². The zero-order chi connectivity index (χ0) is 21.9. The SMILES string of the molecule is C[C@@]1(c2ccc(OC(F)F)cc2)NC(=O)N(CC(=O)NC(=O)NC2CCCC2)C1=O. The van der Waals surface area contributed by atoms with E-state index < -0.39 is 42.6 Å². The van der Waals surface area contributed by atoms with E-state index >= 15 is 0 Å². The fourth-order valence-corrected chi connectivity index (χ4v) is 3.61. The van der Waals surface area contributed by atoms with Gasteiger partial charge in [-0.3, -0.25) is 19.8 Å². The number of ether oxygens (including phenoxy) is 1. The molecule has 6 amide bonds. The first-order valence-electron chi connectivity index (χ1n) is 9.49. The van der Waals surface area contributed by atoms with Crippen molar-refractivity contribution in [2.24, 2.45) is 0 Å². The number of rotatable bonds is 6. The minimum Gasteiger partial charge on any atom is -0.435 e. The summed E-state index contributed by atoms with van der Waals surface area (Å²) in [6.07, 6.45) is 3.70. The third kappa shape index (κ3) is 4.66. The molecule has 1 saturated heterocycles. The molecule has 1 aromatic rings. The first-order valence-corrected chi connectivity index (χ1v) is 9.49. The summed E-state index contributed by atoms with van der Waals surface area (Å²) in [7, 11) is 0. The van der Waals surface area contributed by atoms with Crippen molar-refractivity contribution in [3.05, 3.63) is 29.8 Å². The molecule has 0 bridgehead atoms. The first kappa shape index (κ1) is 21.5. The van der Waals surface area contributed by atoms with Crippen LogP contribution in [0.5, 0.6) is 5.75 Å². The lowest BCUT2D eigenvalue weighted by Crippen LogP contribution is -2.48. The van der Waals surface area contributed by atoms with Crippen molar-refractivity contribution in [2.45, 2.75) is 50.8 Å². The van der Waals surface area contributed by atoms with E-state index in [0.717, 1.165) is 25.7 Å². The van der Waals surface area contributed by atoms with Crippen molar-refractivity contribution >= 4 is 23.9 Å². The second-order valence-electron chi connectivity index (χ2n) is 7.35. The van der Waals surface area contributed by atoms with E-state index in [1.54, 1.807) is 0 Å². The van der Waals surface area contributed by atoms with Gasteiger partial charge in [-0.2, -0.15) is 8.78 Å². The van der Waals surface area contributed by atoms with E-state index in [0.29, 0.717) is 10.5 Å². The highest BCUT2D eigenvalue weighted by Crippen LogP contribution is 2.30. The van der Waals surface area contributed by atoms with Crippen LogP contribution >= 0.6 is 0 Å². The van der Waals surface area contributed by atoms with E-state index in [9.17, 15) is 28.0 Å². The molecule has 3 rings (SSSR count). The van der Waals surface area contributed by atoms with E-state index in [1.807, 2.05) is 0 Å². The molecule has 0 radical (unpaired) electrons. The Morgan fingerprint density at radius 2 is 1.87 bits per heavy atom. The number of hydrogen-bond donors (Lipinski definition) is 3. The number of imide groups is 2. The van der Waals surface area contributed by atoms with E-state index in [1.165, 1.54) is 31.2 Å². The average molecular weight is 424 g/mol. The third-order valence-electron chi connectivity index (χ3n) is 5.18. The van der Waals surface area contributed by atoms with Gasteiger partial charge in [0.05, 0.1) is 0 Å². The summed E-state index contributed by atoms with van der Waals surface area (Å²) >= 11 is 0. The monoisotopic (exact) mass is 424 g/mol. The fraction of sp³-hybridized carbons (Fsp3) is 0.474. The topological polar surface area (TPSA) is 117 Å². The van der Waals surface area contributed by atoms with Crippen LogP contribution in [0.2, 0.25) is 0 Å². The van der Waals surface area contributed by atoms with Gasteiger partial charge >= 0.3 is 18.7 Å². The van der Waals surface area contributed by atoms with Gasteiger partial charge in [0.2, 0.25) is 5.91 Å². The highest BCUT2D eigenvalue weighted by atomic mass is 19.3. The Hall–Kier alpha value is -3.24. The fourth-order valence-electron chi connectivity index (χ4n) is 3.61. The molecule has 30 heavy (non-hydrogen) atoms. The maximum Gasteiger partial charge on any atom is 0.387 e. The molecule has 11 heteroatoms. The average Bonchev–Trinajstić information content (AvgIpc) is 3.24. The molecule has 9 nitrogen and oxygen atoms in total. The van der Waals surface area contributed by atoms with Crippen molar-refractivity contribution < 1.29 is 32.7 Å². The summed E-state index contributed by atoms with van der Waals surface area (Å²) in [5, 5.41) is 7.29. The smallest absolute Gasteiger partial charge is 0.387 e. The molecule has 1 saturated carbocycles. The molecule has 1 aromatic carbocycles. The lowest BCUT2D eigenvalue weighted by molar-refractivity contribution is -0.134. The summed E-state index contributed by atoms with van der Waals surface area (Å²) in [5.74, 6) is -1.61. The van der Waals surface area contributed by atoms with Gasteiger partial charge in [-0.1, -0.05) is 25.0 Å². The third-order valence-corrected chi connectivity index (χ3v) is 5.18. The normalized spacial score (nSPS) is 21.7. The van der Waals surface area contributed by atoms with Crippen LogP contribution in [0.3, 0.4) is 0 Å². The molecule has 1 aliphatic heterocycles. The van der Waals surface area contributed by atoms with Crippen molar-refractivity contribution in [2.75, 3.05) is 6.54 Å². The zero-order valence-corrected chi connectivity index (χ0v) is 16.2.